The zero-order valence-corrected chi connectivity index (χ0v) is 7.40. The normalized spacial score (nSPS) is 8.45. The summed E-state index contributed by atoms with van der Waals surface area (Å²) in [6.07, 6.45) is 0. The van der Waals surface area contributed by atoms with Gasteiger partial charge < -0.3 is 5.11 Å². The predicted octanol–water partition coefficient (Wildman–Crippen LogP) is 2.34. The van der Waals surface area contributed by atoms with Crippen LogP contribution in [0.3, 0.4) is 0 Å². The van der Waals surface area contributed by atoms with Gasteiger partial charge in [-0.05, 0) is 34.1 Å². The van der Waals surface area contributed by atoms with Crippen LogP contribution in [0, 0.1) is 11.6 Å². The highest BCUT2D eigenvalue weighted by Crippen LogP contribution is 2.15. The summed E-state index contributed by atoms with van der Waals surface area (Å²) in [6, 6.07) is 3.22. The van der Waals surface area contributed by atoms with Crippen LogP contribution in [0.5, 0.6) is 0 Å². The summed E-state index contributed by atoms with van der Waals surface area (Å²) in [6.45, 7) is 0. The van der Waals surface area contributed by atoms with E-state index in [0.29, 0.717) is 0 Å². The summed E-state index contributed by atoms with van der Waals surface area (Å²) in [4.78, 5) is 0. The Hall–Kier alpha value is -0.480. The van der Waals surface area contributed by atoms with E-state index in [0.717, 1.165) is 25.3 Å². The van der Waals surface area contributed by atoms with Crippen molar-refractivity contribution in [3.63, 3.8) is 0 Å². The van der Waals surface area contributed by atoms with Crippen molar-refractivity contribution in [1.29, 1.82) is 0 Å². The molecule has 1 nitrogen and oxygen atoms in total. The maximum absolute atomic E-state index is 12.3. The molecule has 0 unspecified atom stereocenters. The van der Waals surface area contributed by atoms with Gasteiger partial charge in [0.05, 0.1) is 4.47 Å². The van der Waals surface area contributed by atoms with E-state index in [4.69, 9.17) is 5.11 Å². The fourth-order valence-corrected chi connectivity index (χ4v) is 0.821. The van der Waals surface area contributed by atoms with Gasteiger partial charge in [-0.3, -0.25) is 0 Å². The van der Waals surface area contributed by atoms with Crippen LogP contribution in [0.25, 0.3) is 0 Å². The zero-order chi connectivity index (χ0) is 8.85. The molecule has 0 heterocycles. The number of hydrogen-bond acceptors (Lipinski definition) is 1. The van der Waals surface area contributed by atoms with Gasteiger partial charge in [0.1, 0.15) is 11.6 Å². The van der Waals surface area contributed by atoms with Gasteiger partial charge in [0, 0.05) is 7.11 Å². The fourth-order valence-electron chi connectivity index (χ4n) is 0.470. The summed E-state index contributed by atoms with van der Waals surface area (Å²) in [7, 11) is 1.00. The smallest absolute Gasteiger partial charge is 0.137 e. The number of aliphatic hydroxyl groups excluding tert-OH is 1. The second-order valence-electron chi connectivity index (χ2n) is 1.56. The molecule has 0 aliphatic carbocycles. The second-order valence-corrected chi connectivity index (χ2v) is 2.41. The molecule has 4 heteroatoms. The lowest BCUT2D eigenvalue weighted by molar-refractivity contribution is 0.399. The van der Waals surface area contributed by atoms with Crippen LogP contribution >= 0.6 is 15.9 Å². The highest BCUT2D eigenvalue weighted by molar-refractivity contribution is 9.10. The lowest BCUT2D eigenvalue weighted by atomic mass is 10.3. The van der Waals surface area contributed by atoms with Crippen LogP contribution < -0.4 is 0 Å². The molecule has 0 aliphatic rings. The summed E-state index contributed by atoms with van der Waals surface area (Å²) < 4.78 is 24.6. The Kier molecular flexibility index (Phi) is 4.98. The molecule has 0 amide bonds. The summed E-state index contributed by atoms with van der Waals surface area (Å²) in [5.41, 5.74) is 0. The molecule has 0 spiro atoms. The van der Waals surface area contributed by atoms with E-state index in [9.17, 15) is 8.78 Å². The molecule has 0 radical (unpaired) electrons. The van der Waals surface area contributed by atoms with Crippen LogP contribution in [0.4, 0.5) is 8.78 Å². The zero-order valence-electron chi connectivity index (χ0n) is 5.81. The molecular weight excluding hydrogens is 218 g/mol. The van der Waals surface area contributed by atoms with Crippen molar-refractivity contribution < 1.29 is 13.9 Å². The largest absolute Gasteiger partial charge is 0.400 e. The molecule has 0 aliphatic heterocycles. The minimum Gasteiger partial charge on any atom is -0.400 e. The Morgan fingerprint density at radius 1 is 1.27 bits per heavy atom. The molecule has 0 saturated carbocycles. The molecule has 11 heavy (non-hydrogen) atoms. The molecule has 62 valence electrons. The Morgan fingerprint density at radius 3 is 2.18 bits per heavy atom. The average Bonchev–Trinajstić information content (AvgIpc) is 2.02. The van der Waals surface area contributed by atoms with Crippen LogP contribution in [-0.2, 0) is 0 Å². The van der Waals surface area contributed by atoms with E-state index in [2.05, 4.69) is 15.9 Å². The van der Waals surface area contributed by atoms with Gasteiger partial charge in [-0.15, -0.1) is 0 Å². The fraction of sp³-hybridized carbons (Fsp3) is 0.143. The monoisotopic (exact) mass is 224 g/mol. The average molecular weight is 225 g/mol. The van der Waals surface area contributed by atoms with Crippen LogP contribution in [-0.4, -0.2) is 12.2 Å². The predicted molar refractivity (Wildman–Crippen MR) is 42.2 cm³/mol. The SMILES string of the molecule is CO.Fc1ccc(F)c(Br)c1. The Morgan fingerprint density at radius 2 is 1.82 bits per heavy atom. The quantitative estimate of drug-likeness (QED) is 0.672. The van der Waals surface area contributed by atoms with Gasteiger partial charge in [0.2, 0.25) is 0 Å². The third kappa shape index (κ3) is 3.43. The third-order valence-electron chi connectivity index (χ3n) is 0.882. The number of hydrogen-bond donors (Lipinski definition) is 1. The number of aliphatic hydroxyl groups is 1. The van der Waals surface area contributed by atoms with Crippen LogP contribution in [0.15, 0.2) is 22.7 Å². The first kappa shape index (κ1) is 10.5. The molecular formula is C7H7BrF2O. The van der Waals surface area contributed by atoms with Crippen LogP contribution in [0.2, 0.25) is 0 Å². The van der Waals surface area contributed by atoms with E-state index in [1.807, 2.05) is 0 Å². The minimum absolute atomic E-state index is 0.155. The van der Waals surface area contributed by atoms with E-state index < -0.39 is 11.6 Å². The van der Waals surface area contributed by atoms with E-state index in [1.54, 1.807) is 0 Å². The molecule has 0 bridgehead atoms. The minimum atomic E-state index is -0.448. The van der Waals surface area contributed by atoms with Crippen molar-refractivity contribution in [2.75, 3.05) is 7.11 Å². The molecule has 0 saturated heterocycles. The second kappa shape index (κ2) is 5.21. The Labute approximate surface area is 71.8 Å². The maximum Gasteiger partial charge on any atom is 0.137 e. The Bertz CT molecular complexity index is 228. The lowest BCUT2D eigenvalue weighted by Gasteiger charge is -1.90. The van der Waals surface area contributed by atoms with Gasteiger partial charge in [0.25, 0.3) is 0 Å². The van der Waals surface area contributed by atoms with Gasteiger partial charge in [-0.2, -0.15) is 0 Å². The maximum atomic E-state index is 12.3. The molecule has 1 rings (SSSR count). The lowest BCUT2D eigenvalue weighted by Crippen LogP contribution is -1.77. The number of halogens is 3. The van der Waals surface area contributed by atoms with Gasteiger partial charge in [0.15, 0.2) is 0 Å². The summed E-state index contributed by atoms with van der Waals surface area (Å²) >= 11 is 2.83. The third-order valence-corrected chi connectivity index (χ3v) is 1.49. The topological polar surface area (TPSA) is 20.2 Å². The molecule has 1 N–H and O–H groups in total. The standard InChI is InChI=1S/C6H3BrF2.CH4O/c7-5-3-4(8)1-2-6(5)9;1-2/h1-3H;2H,1H3. The molecule has 1 aromatic rings. The van der Waals surface area contributed by atoms with Gasteiger partial charge in [-0.1, -0.05) is 0 Å². The number of benzene rings is 1. The first-order valence-corrected chi connectivity index (χ1v) is 3.55. The van der Waals surface area contributed by atoms with Crippen molar-refractivity contribution in [3.05, 3.63) is 34.3 Å². The van der Waals surface area contributed by atoms with E-state index in [1.165, 1.54) is 0 Å². The Balaban J connectivity index is 0.000000461. The van der Waals surface area contributed by atoms with Crippen molar-refractivity contribution in [1.82, 2.24) is 0 Å². The molecule has 0 aromatic heterocycles. The van der Waals surface area contributed by atoms with Crippen LogP contribution in [0.1, 0.15) is 0 Å². The molecule has 1 aromatic carbocycles. The van der Waals surface area contributed by atoms with E-state index >= 15 is 0 Å². The summed E-state index contributed by atoms with van der Waals surface area (Å²) in [5.74, 6) is -0.889. The molecule has 0 fully saturated rings. The van der Waals surface area contributed by atoms with Gasteiger partial charge >= 0.3 is 0 Å². The van der Waals surface area contributed by atoms with Crippen molar-refractivity contribution in [3.8, 4) is 0 Å². The highest BCUT2D eigenvalue weighted by Gasteiger charge is 1.97. The first-order valence-electron chi connectivity index (χ1n) is 2.75. The summed E-state index contributed by atoms with van der Waals surface area (Å²) in [5, 5.41) is 7.00. The van der Waals surface area contributed by atoms with Crippen molar-refractivity contribution in [2.24, 2.45) is 0 Å². The van der Waals surface area contributed by atoms with Crippen molar-refractivity contribution >= 4 is 15.9 Å². The first-order chi connectivity index (χ1) is 5.20. The number of rotatable bonds is 0. The molecule has 0 atom stereocenters. The highest BCUT2D eigenvalue weighted by atomic mass is 79.9. The van der Waals surface area contributed by atoms with Gasteiger partial charge in [-0.25, -0.2) is 8.78 Å². The van der Waals surface area contributed by atoms with Crippen molar-refractivity contribution in [2.45, 2.75) is 0 Å². The van der Waals surface area contributed by atoms with E-state index in [-0.39, 0.29) is 4.47 Å².